The quantitative estimate of drug-likeness (QED) is 0.176. The summed E-state index contributed by atoms with van der Waals surface area (Å²) in [6.45, 7) is 13.6. The van der Waals surface area contributed by atoms with E-state index in [0.717, 1.165) is 18.4 Å². The molecule has 47 heavy (non-hydrogen) atoms. The normalized spacial score (nSPS) is 23.7. The van der Waals surface area contributed by atoms with Gasteiger partial charge in [-0.05, 0) is 46.5 Å². The van der Waals surface area contributed by atoms with Crippen molar-refractivity contribution in [2.24, 2.45) is 40.2 Å². The molecular weight excluding hydrogens is 602 g/mol. The van der Waals surface area contributed by atoms with Crippen molar-refractivity contribution in [2.45, 2.75) is 105 Å². The van der Waals surface area contributed by atoms with Gasteiger partial charge in [-0.3, -0.25) is 19.2 Å². The molecule has 2 aliphatic carbocycles. The molecule has 1 saturated heterocycles. The number of hydrogen-bond donors (Lipinski definition) is 4. The highest BCUT2D eigenvalue weighted by atomic mass is 16.5. The lowest BCUT2D eigenvalue weighted by Crippen LogP contribution is -2.62. The van der Waals surface area contributed by atoms with Crippen molar-refractivity contribution >= 4 is 35.5 Å². The minimum Gasteiger partial charge on any atom is -0.459 e. The number of nitrogens with one attached hydrogen (secondary N) is 3. The number of likely N-dealkylation sites (tertiary alicyclic amines) is 1. The highest BCUT2D eigenvalue weighted by Crippen LogP contribution is 2.65. The van der Waals surface area contributed by atoms with Gasteiger partial charge in [0.05, 0.1) is 6.04 Å². The lowest BCUT2D eigenvalue weighted by atomic mass is 9.85. The van der Waals surface area contributed by atoms with Crippen LogP contribution in [0.5, 0.6) is 0 Å². The maximum absolute atomic E-state index is 14.3. The number of urea groups is 1. The minimum atomic E-state index is -1.11. The summed E-state index contributed by atoms with van der Waals surface area (Å²) in [4.78, 5) is 80.6. The fourth-order valence-corrected chi connectivity index (χ4v) is 6.78. The van der Waals surface area contributed by atoms with Crippen molar-refractivity contribution in [1.82, 2.24) is 20.9 Å². The molecule has 1 aliphatic heterocycles. The molecule has 3 aliphatic rings. The van der Waals surface area contributed by atoms with Crippen molar-refractivity contribution in [1.29, 1.82) is 0 Å². The second-order valence-electron chi connectivity index (χ2n) is 15.2. The Labute approximate surface area is 277 Å². The number of esters is 1. The molecule has 3 fully saturated rings. The second kappa shape index (κ2) is 14.0. The first kappa shape index (κ1) is 35.9. The Morgan fingerprint density at radius 2 is 1.66 bits per heavy atom. The van der Waals surface area contributed by atoms with Crippen LogP contribution >= 0.6 is 0 Å². The summed E-state index contributed by atoms with van der Waals surface area (Å²) < 4.78 is 5.53. The fraction of sp³-hybridized carbons (Fsp3) is 0.657. The Morgan fingerprint density at radius 3 is 2.21 bits per heavy atom. The number of nitrogens with zero attached hydrogens (tertiary/aromatic N) is 1. The summed E-state index contributed by atoms with van der Waals surface area (Å²) in [6, 6.07) is 4.58. The number of Topliss-reactive ketones (excluding diaryl/α,β-unsaturated/α-hetero) is 1. The van der Waals surface area contributed by atoms with Gasteiger partial charge in [0, 0.05) is 6.54 Å². The van der Waals surface area contributed by atoms with E-state index in [-0.39, 0.29) is 35.7 Å². The topological polar surface area (TPSA) is 177 Å². The molecule has 4 rings (SSSR count). The average Bonchev–Trinajstić information content (AvgIpc) is 3.87. The first-order valence-electron chi connectivity index (χ1n) is 16.7. The molecule has 7 atom stereocenters. The molecule has 0 bridgehead atoms. The Hall–Kier alpha value is -3.96. The van der Waals surface area contributed by atoms with Crippen molar-refractivity contribution < 1.29 is 33.5 Å². The number of piperidine rings is 1. The van der Waals surface area contributed by atoms with Crippen molar-refractivity contribution in [3.8, 4) is 0 Å². The molecule has 5 amide bonds. The molecule has 0 aromatic heterocycles. The van der Waals surface area contributed by atoms with E-state index >= 15 is 0 Å². The number of fused-ring (bicyclic) bond motifs is 1. The number of carbonyl (C=O) groups excluding carboxylic acids is 6. The highest BCUT2D eigenvalue weighted by molar-refractivity contribution is 6.37. The molecule has 1 aromatic rings. The molecule has 1 unspecified atom stereocenters. The van der Waals surface area contributed by atoms with Crippen LogP contribution in [-0.4, -0.2) is 71.1 Å². The number of ketones is 1. The Morgan fingerprint density at radius 1 is 1.02 bits per heavy atom. The number of amides is 5. The number of rotatable bonds is 14. The monoisotopic (exact) mass is 653 g/mol. The van der Waals surface area contributed by atoms with Crippen LogP contribution in [0.25, 0.3) is 0 Å². The number of nitrogens with two attached hydrogens (primary N) is 1. The van der Waals surface area contributed by atoms with Crippen LogP contribution in [0.2, 0.25) is 0 Å². The van der Waals surface area contributed by atoms with E-state index in [9.17, 15) is 28.8 Å². The van der Waals surface area contributed by atoms with Crippen molar-refractivity contribution in [3.63, 3.8) is 0 Å². The number of carbonyl (C=O) groups is 6. The predicted octanol–water partition coefficient (Wildman–Crippen LogP) is 2.68. The lowest BCUT2D eigenvalue weighted by molar-refractivity contribution is -0.148. The third-order valence-corrected chi connectivity index (χ3v) is 10.3. The number of primary amides is 1. The summed E-state index contributed by atoms with van der Waals surface area (Å²) in [7, 11) is 0. The zero-order chi connectivity index (χ0) is 34.8. The van der Waals surface area contributed by atoms with E-state index < -0.39 is 65.1 Å². The van der Waals surface area contributed by atoms with Crippen LogP contribution in [-0.2, 0) is 35.3 Å². The van der Waals surface area contributed by atoms with Crippen LogP contribution in [0.15, 0.2) is 30.3 Å². The van der Waals surface area contributed by atoms with Gasteiger partial charge in [-0.1, -0.05) is 98.1 Å². The maximum Gasteiger partial charge on any atom is 0.329 e. The highest BCUT2D eigenvalue weighted by Gasteiger charge is 2.70. The molecule has 1 aromatic carbocycles. The van der Waals surface area contributed by atoms with E-state index in [0.29, 0.717) is 19.4 Å². The van der Waals surface area contributed by atoms with Gasteiger partial charge in [-0.2, -0.15) is 0 Å². The molecular formula is C35H51N5O7. The lowest BCUT2D eigenvalue weighted by Gasteiger charge is -2.38. The maximum atomic E-state index is 14.3. The molecule has 0 spiro atoms. The zero-order valence-electron chi connectivity index (χ0n) is 28.6. The fourth-order valence-electron chi connectivity index (χ4n) is 6.78. The van der Waals surface area contributed by atoms with Crippen LogP contribution in [0.3, 0.4) is 0 Å². The average molecular weight is 654 g/mol. The molecule has 2 saturated carbocycles. The summed E-state index contributed by atoms with van der Waals surface area (Å²) >= 11 is 0. The van der Waals surface area contributed by atoms with Gasteiger partial charge in [0.15, 0.2) is 0 Å². The third-order valence-electron chi connectivity index (χ3n) is 10.3. The van der Waals surface area contributed by atoms with Crippen molar-refractivity contribution in [2.75, 3.05) is 6.54 Å². The SMILES string of the molecule is CC[C@H](C)[C@H](NC(=O)N[C@H](C(=O)N1C[C@H]2[C@@H]([C@H]1C(=O)NC(CC1CC1)C(=O)C(N)=O)C2(C)C)C(C)(C)C)C(=O)OCc1ccccc1. The summed E-state index contributed by atoms with van der Waals surface area (Å²) in [5, 5.41) is 8.28. The predicted molar refractivity (Wildman–Crippen MR) is 174 cm³/mol. The molecule has 5 N–H and O–H groups in total. The third kappa shape index (κ3) is 8.31. The van der Waals surface area contributed by atoms with E-state index in [2.05, 4.69) is 16.0 Å². The van der Waals surface area contributed by atoms with Crippen LogP contribution in [0.4, 0.5) is 4.79 Å². The van der Waals surface area contributed by atoms with E-state index in [1.807, 2.05) is 78.8 Å². The second-order valence-corrected chi connectivity index (χ2v) is 15.2. The standard InChI is InChI=1S/C35H51N5O7/c1-8-19(2)25(32(45)47-18-21-12-10-9-11-13-21)38-33(46)39-28(34(3,4)5)31(44)40-17-22-24(35(22,6)7)26(40)30(43)37-23(16-20-14-15-20)27(41)29(36)42/h9-13,19-20,22-26,28H,8,14-18H2,1-7H3,(H2,36,42)(H,37,43)(H2,38,39,46)/t19-,22-,23?,24-,25-,26-,28+/m0/s1. The number of benzene rings is 1. The van der Waals surface area contributed by atoms with Gasteiger partial charge in [0.25, 0.3) is 5.91 Å². The Kier molecular flexibility index (Phi) is 10.7. The smallest absolute Gasteiger partial charge is 0.329 e. The molecule has 258 valence electrons. The van der Waals surface area contributed by atoms with Gasteiger partial charge < -0.3 is 31.3 Å². The van der Waals surface area contributed by atoms with Gasteiger partial charge in [-0.25, -0.2) is 9.59 Å². The van der Waals surface area contributed by atoms with Crippen molar-refractivity contribution in [3.05, 3.63) is 35.9 Å². The molecule has 12 heteroatoms. The van der Waals surface area contributed by atoms with E-state index in [1.54, 1.807) is 0 Å². The first-order valence-corrected chi connectivity index (χ1v) is 16.7. The Balaban J connectivity index is 1.49. The number of ether oxygens (including phenoxy) is 1. The molecule has 12 nitrogen and oxygen atoms in total. The Bertz CT molecular complexity index is 1370. The molecule has 1 heterocycles. The first-order chi connectivity index (χ1) is 22.0. The van der Waals surface area contributed by atoms with Gasteiger partial charge in [0.2, 0.25) is 17.6 Å². The van der Waals surface area contributed by atoms with Crippen LogP contribution in [0, 0.1) is 34.5 Å². The summed E-state index contributed by atoms with van der Waals surface area (Å²) in [5.41, 5.74) is 5.14. The summed E-state index contributed by atoms with van der Waals surface area (Å²) in [5.74, 6) is -3.60. The van der Waals surface area contributed by atoms with Crippen LogP contribution in [0.1, 0.15) is 79.7 Å². The number of hydrogen-bond acceptors (Lipinski definition) is 7. The van der Waals surface area contributed by atoms with Gasteiger partial charge in [0.1, 0.15) is 24.7 Å². The van der Waals surface area contributed by atoms with E-state index in [4.69, 9.17) is 10.5 Å². The van der Waals surface area contributed by atoms with Gasteiger partial charge in [-0.15, -0.1) is 0 Å². The summed E-state index contributed by atoms with van der Waals surface area (Å²) in [6.07, 6.45) is 2.74. The van der Waals surface area contributed by atoms with Crippen LogP contribution < -0.4 is 21.7 Å². The largest absolute Gasteiger partial charge is 0.459 e. The minimum absolute atomic E-state index is 0.0551. The zero-order valence-corrected chi connectivity index (χ0v) is 28.6. The van der Waals surface area contributed by atoms with Gasteiger partial charge >= 0.3 is 12.0 Å². The van der Waals surface area contributed by atoms with E-state index in [1.165, 1.54) is 4.90 Å². The molecule has 0 radical (unpaired) electrons.